The zero-order valence-corrected chi connectivity index (χ0v) is 14.6. The number of ether oxygens (including phenoxy) is 3. The molecule has 2 aromatic carbocycles. The topological polar surface area (TPSA) is 103 Å². The summed E-state index contributed by atoms with van der Waals surface area (Å²) in [6, 6.07) is 11.2. The molecule has 0 spiro atoms. The molecule has 2 N–H and O–H groups in total. The van der Waals surface area contributed by atoms with Gasteiger partial charge < -0.3 is 24.8 Å². The van der Waals surface area contributed by atoms with Crippen LogP contribution in [0.15, 0.2) is 42.5 Å². The Morgan fingerprint density at radius 2 is 1.56 bits per heavy atom. The Bertz CT molecular complexity index is 880. The summed E-state index contributed by atoms with van der Waals surface area (Å²) >= 11 is 0. The molecule has 0 aliphatic carbocycles. The minimum absolute atomic E-state index is 0.226. The Hall–Kier alpha value is -3.55. The second-order valence-corrected chi connectivity index (χ2v) is 5.60. The summed E-state index contributed by atoms with van der Waals surface area (Å²) in [7, 11) is 0. The van der Waals surface area contributed by atoms with Gasteiger partial charge in [-0.3, -0.25) is 9.59 Å². The van der Waals surface area contributed by atoms with E-state index in [0.717, 1.165) is 0 Å². The highest BCUT2D eigenvalue weighted by molar-refractivity contribution is 6.02. The Kier molecular flexibility index (Phi) is 5.55. The lowest BCUT2D eigenvalue weighted by atomic mass is 10.1. The molecule has 0 fully saturated rings. The third-order valence-electron chi connectivity index (χ3n) is 3.65. The van der Waals surface area contributed by atoms with E-state index < -0.39 is 17.8 Å². The monoisotopic (exact) mass is 370 g/mol. The molecule has 1 aliphatic heterocycles. The van der Waals surface area contributed by atoms with Gasteiger partial charge in [-0.25, -0.2) is 4.79 Å². The van der Waals surface area contributed by atoms with Crippen LogP contribution >= 0.6 is 0 Å². The van der Waals surface area contributed by atoms with Crippen molar-refractivity contribution in [2.75, 3.05) is 30.5 Å². The van der Waals surface area contributed by atoms with E-state index >= 15 is 0 Å². The molecule has 27 heavy (non-hydrogen) atoms. The number of esters is 1. The van der Waals surface area contributed by atoms with Crippen molar-refractivity contribution in [3.63, 3.8) is 0 Å². The van der Waals surface area contributed by atoms with Crippen LogP contribution < -0.4 is 20.1 Å². The Labute approximate surface area is 155 Å². The first-order valence-electron chi connectivity index (χ1n) is 8.32. The van der Waals surface area contributed by atoms with Crippen molar-refractivity contribution < 1.29 is 28.6 Å². The summed E-state index contributed by atoms with van der Waals surface area (Å²) < 4.78 is 15.9. The highest BCUT2D eigenvalue weighted by Crippen LogP contribution is 2.28. The van der Waals surface area contributed by atoms with Crippen molar-refractivity contribution >= 4 is 29.2 Å². The van der Waals surface area contributed by atoms with E-state index in [1.807, 2.05) is 0 Å². The Balaban J connectivity index is 1.89. The van der Waals surface area contributed by atoms with Gasteiger partial charge in [0.1, 0.15) is 0 Å². The van der Waals surface area contributed by atoms with Crippen LogP contribution in [0.5, 0.6) is 11.5 Å². The molecule has 0 atom stereocenters. The molecular weight excluding hydrogens is 352 g/mol. The standard InChI is InChI=1S/C19H18N2O6/c1-2-25-19(24)12-7-8-13-14(9-12)21-18(23)11-27-16-6-4-3-5-15(16)26-10-17(22)20-13/h3-9H,2,10-11H2,1H3,(H,20,22)(H,21,23). The van der Waals surface area contributed by atoms with E-state index in [1.165, 1.54) is 18.2 Å². The number of para-hydroxylation sites is 2. The average molecular weight is 370 g/mol. The number of rotatable bonds is 2. The summed E-state index contributed by atoms with van der Waals surface area (Å²) in [4.78, 5) is 36.4. The molecule has 0 bridgehead atoms. The molecule has 3 rings (SSSR count). The third kappa shape index (κ3) is 4.55. The first-order chi connectivity index (χ1) is 13.1. The van der Waals surface area contributed by atoms with Crippen molar-refractivity contribution in [1.29, 1.82) is 0 Å². The lowest BCUT2D eigenvalue weighted by molar-refractivity contribution is -0.119. The van der Waals surface area contributed by atoms with E-state index in [0.29, 0.717) is 17.2 Å². The lowest BCUT2D eigenvalue weighted by Crippen LogP contribution is -2.25. The summed E-state index contributed by atoms with van der Waals surface area (Å²) in [6.07, 6.45) is 0. The predicted molar refractivity (Wildman–Crippen MR) is 97.1 cm³/mol. The minimum Gasteiger partial charge on any atom is -0.480 e. The molecular formula is C19H18N2O6. The maximum atomic E-state index is 12.3. The number of carbonyl (C=O) groups excluding carboxylic acids is 3. The van der Waals surface area contributed by atoms with Crippen LogP contribution in [0.2, 0.25) is 0 Å². The van der Waals surface area contributed by atoms with Crippen LogP contribution in [0, 0.1) is 0 Å². The number of fused-ring (bicyclic) bond motifs is 2. The summed E-state index contributed by atoms with van der Waals surface area (Å²) in [5.74, 6) is -0.701. The zero-order chi connectivity index (χ0) is 19.2. The van der Waals surface area contributed by atoms with E-state index in [4.69, 9.17) is 14.2 Å². The summed E-state index contributed by atoms with van der Waals surface area (Å²) in [6.45, 7) is 1.41. The molecule has 0 saturated carbocycles. The van der Waals surface area contributed by atoms with Crippen molar-refractivity contribution in [1.82, 2.24) is 0 Å². The second kappa shape index (κ2) is 8.22. The molecule has 2 amide bonds. The van der Waals surface area contributed by atoms with Gasteiger partial charge in [0, 0.05) is 0 Å². The quantitative estimate of drug-likeness (QED) is 0.786. The van der Waals surface area contributed by atoms with Gasteiger partial charge in [0.15, 0.2) is 24.7 Å². The predicted octanol–water partition coefficient (Wildman–Crippen LogP) is 2.21. The van der Waals surface area contributed by atoms with Crippen LogP contribution in [0.1, 0.15) is 17.3 Å². The minimum atomic E-state index is -0.527. The van der Waals surface area contributed by atoms with E-state index in [1.54, 1.807) is 31.2 Å². The van der Waals surface area contributed by atoms with Gasteiger partial charge in [0.25, 0.3) is 11.8 Å². The van der Waals surface area contributed by atoms with Gasteiger partial charge in [0.05, 0.1) is 23.5 Å². The zero-order valence-electron chi connectivity index (χ0n) is 14.6. The molecule has 0 unspecified atom stereocenters. The fourth-order valence-corrected chi connectivity index (χ4v) is 2.45. The molecule has 140 valence electrons. The lowest BCUT2D eigenvalue weighted by Gasteiger charge is -2.17. The van der Waals surface area contributed by atoms with Gasteiger partial charge in [-0.1, -0.05) is 12.1 Å². The number of hydrogen-bond donors (Lipinski definition) is 2. The van der Waals surface area contributed by atoms with E-state index in [9.17, 15) is 14.4 Å². The maximum absolute atomic E-state index is 12.3. The Morgan fingerprint density at radius 1 is 0.963 bits per heavy atom. The van der Waals surface area contributed by atoms with Crippen LogP contribution in [-0.4, -0.2) is 37.6 Å². The number of benzene rings is 2. The largest absolute Gasteiger partial charge is 0.480 e. The first kappa shape index (κ1) is 18.2. The second-order valence-electron chi connectivity index (χ2n) is 5.60. The van der Waals surface area contributed by atoms with Crippen LogP contribution in [0.3, 0.4) is 0 Å². The van der Waals surface area contributed by atoms with Crippen LogP contribution in [-0.2, 0) is 14.3 Å². The van der Waals surface area contributed by atoms with E-state index in [-0.39, 0.29) is 31.1 Å². The summed E-state index contributed by atoms with van der Waals surface area (Å²) in [5, 5.41) is 5.30. The number of nitrogens with one attached hydrogen (secondary N) is 2. The summed E-state index contributed by atoms with van der Waals surface area (Å²) in [5.41, 5.74) is 0.843. The molecule has 1 heterocycles. The molecule has 0 aromatic heterocycles. The van der Waals surface area contributed by atoms with Crippen molar-refractivity contribution in [2.24, 2.45) is 0 Å². The number of anilines is 2. The molecule has 0 radical (unpaired) electrons. The average Bonchev–Trinajstić information content (AvgIpc) is 2.66. The molecule has 2 aromatic rings. The molecule has 8 nitrogen and oxygen atoms in total. The van der Waals surface area contributed by atoms with Gasteiger partial charge in [-0.2, -0.15) is 0 Å². The normalized spacial score (nSPS) is 14.0. The SMILES string of the molecule is CCOC(=O)c1ccc2c(c1)NC(=O)COc1ccccc1OCC(=O)N2. The maximum Gasteiger partial charge on any atom is 0.338 e. The van der Waals surface area contributed by atoms with Gasteiger partial charge in [-0.05, 0) is 37.3 Å². The van der Waals surface area contributed by atoms with Gasteiger partial charge in [-0.15, -0.1) is 0 Å². The molecule has 0 saturated heterocycles. The van der Waals surface area contributed by atoms with Crippen molar-refractivity contribution in [2.45, 2.75) is 6.92 Å². The highest BCUT2D eigenvalue weighted by Gasteiger charge is 2.17. The number of hydrogen-bond acceptors (Lipinski definition) is 6. The third-order valence-corrected chi connectivity index (χ3v) is 3.65. The van der Waals surface area contributed by atoms with E-state index in [2.05, 4.69) is 10.6 Å². The van der Waals surface area contributed by atoms with Gasteiger partial charge >= 0.3 is 5.97 Å². The molecule has 8 heteroatoms. The van der Waals surface area contributed by atoms with Gasteiger partial charge in [0.2, 0.25) is 0 Å². The van der Waals surface area contributed by atoms with Crippen LogP contribution in [0.4, 0.5) is 11.4 Å². The number of amides is 2. The molecule has 1 aliphatic rings. The van der Waals surface area contributed by atoms with Crippen molar-refractivity contribution in [3.8, 4) is 11.5 Å². The smallest absolute Gasteiger partial charge is 0.338 e. The van der Waals surface area contributed by atoms with Crippen LogP contribution in [0.25, 0.3) is 0 Å². The number of carbonyl (C=O) groups is 3. The first-order valence-corrected chi connectivity index (χ1v) is 8.32. The highest BCUT2D eigenvalue weighted by atomic mass is 16.5. The van der Waals surface area contributed by atoms with Crippen molar-refractivity contribution in [3.05, 3.63) is 48.0 Å². The Morgan fingerprint density at radius 3 is 2.15 bits per heavy atom. The fraction of sp³-hybridized carbons (Fsp3) is 0.211. The fourth-order valence-electron chi connectivity index (χ4n) is 2.45.